The molecule has 0 spiro atoms. The summed E-state index contributed by atoms with van der Waals surface area (Å²) in [6.07, 6.45) is 0.905. The minimum Gasteiger partial charge on any atom is -0.459 e. The zero-order valence-electron chi connectivity index (χ0n) is 15.6. The molecule has 0 aliphatic carbocycles. The van der Waals surface area contributed by atoms with Crippen LogP contribution in [-0.4, -0.2) is 24.5 Å². The number of nitrogens with zero attached hydrogens (tertiary/aromatic N) is 1. The van der Waals surface area contributed by atoms with Crippen LogP contribution in [0.1, 0.15) is 43.6 Å². The van der Waals surface area contributed by atoms with Crippen molar-refractivity contribution in [3.05, 3.63) is 72.0 Å². The molecule has 0 radical (unpaired) electrons. The van der Waals surface area contributed by atoms with E-state index in [-0.39, 0.29) is 12.1 Å². The maximum absolute atomic E-state index is 12.5. The van der Waals surface area contributed by atoms with Crippen LogP contribution in [0.15, 0.2) is 65.1 Å². The number of rotatable bonds is 6. The fourth-order valence-corrected chi connectivity index (χ4v) is 3.04. The van der Waals surface area contributed by atoms with Gasteiger partial charge in [0.2, 0.25) is 0 Å². The van der Waals surface area contributed by atoms with Crippen LogP contribution in [0.5, 0.6) is 0 Å². The molecule has 26 heavy (non-hydrogen) atoms. The van der Waals surface area contributed by atoms with Crippen LogP contribution in [0.2, 0.25) is 0 Å². The highest BCUT2D eigenvalue weighted by Gasteiger charge is 2.20. The first-order chi connectivity index (χ1) is 12.6. The molecule has 3 rings (SSSR count). The Kier molecular flexibility index (Phi) is 5.61. The third kappa shape index (κ3) is 4.07. The van der Waals surface area contributed by atoms with Crippen molar-refractivity contribution in [2.75, 3.05) is 13.6 Å². The number of hydrogen-bond donors (Lipinski definition) is 1. The van der Waals surface area contributed by atoms with E-state index in [2.05, 4.69) is 24.4 Å². The first kappa shape index (κ1) is 18.1. The van der Waals surface area contributed by atoms with Gasteiger partial charge in [-0.05, 0) is 37.0 Å². The number of hydrogen-bond acceptors (Lipinski definition) is 2. The number of furan rings is 1. The van der Waals surface area contributed by atoms with Gasteiger partial charge < -0.3 is 14.6 Å². The van der Waals surface area contributed by atoms with E-state index in [1.165, 1.54) is 5.56 Å². The van der Waals surface area contributed by atoms with E-state index in [4.69, 9.17) is 4.42 Å². The lowest BCUT2D eigenvalue weighted by Gasteiger charge is -2.24. The Morgan fingerprint density at radius 2 is 1.77 bits per heavy atom. The molecule has 2 amide bonds. The Bertz CT molecular complexity index is 824. The van der Waals surface area contributed by atoms with E-state index in [1.54, 1.807) is 11.9 Å². The molecule has 1 N–H and O–H groups in total. The second-order valence-corrected chi connectivity index (χ2v) is 6.81. The Morgan fingerprint density at radius 1 is 1.08 bits per heavy atom. The van der Waals surface area contributed by atoms with Gasteiger partial charge in [0.1, 0.15) is 11.3 Å². The minimum absolute atomic E-state index is 0.0850. The summed E-state index contributed by atoms with van der Waals surface area (Å²) in [5.74, 6) is 1.20. The largest absolute Gasteiger partial charge is 0.459 e. The van der Waals surface area contributed by atoms with Gasteiger partial charge in [0.05, 0.1) is 6.04 Å². The van der Waals surface area contributed by atoms with E-state index < -0.39 is 0 Å². The molecule has 2 atom stereocenters. The number of para-hydroxylation sites is 1. The predicted molar refractivity (Wildman–Crippen MR) is 105 cm³/mol. The van der Waals surface area contributed by atoms with Crippen LogP contribution < -0.4 is 5.32 Å². The third-order valence-corrected chi connectivity index (χ3v) is 4.98. The van der Waals surface area contributed by atoms with Gasteiger partial charge in [-0.3, -0.25) is 0 Å². The summed E-state index contributed by atoms with van der Waals surface area (Å²) < 4.78 is 5.88. The average Bonchev–Trinajstić information content (AvgIpc) is 3.11. The second-order valence-electron chi connectivity index (χ2n) is 6.81. The van der Waals surface area contributed by atoms with Crippen LogP contribution in [0.3, 0.4) is 0 Å². The van der Waals surface area contributed by atoms with Crippen LogP contribution in [0, 0.1) is 0 Å². The molecule has 1 aromatic heterocycles. The number of carbonyl (C=O) groups is 1. The van der Waals surface area contributed by atoms with Crippen molar-refractivity contribution >= 4 is 17.0 Å². The van der Waals surface area contributed by atoms with E-state index in [0.717, 1.165) is 23.2 Å². The fourth-order valence-electron chi connectivity index (χ4n) is 3.04. The molecule has 4 nitrogen and oxygen atoms in total. The van der Waals surface area contributed by atoms with Crippen LogP contribution >= 0.6 is 0 Å². The number of amides is 2. The number of fused-ring (bicyclic) bond motifs is 1. The molecule has 0 bridgehead atoms. The van der Waals surface area contributed by atoms with Crippen LogP contribution in [0.25, 0.3) is 11.0 Å². The predicted octanol–water partition coefficient (Wildman–Crippen LogP) is 5.33. The highest BCUT2D eigenvalue weighted by Crippen LogP contribution is 2.26. The third-order valence-electron chi connectivity index (χ3n) is 4.98. The molecule has 136 valence electrons. The van der Waals surface area contributed by atoms with E-state index in [1.807, 2.05) is 55.5 Å². The molecule has 0 aliphatic heterocycles. The minimum atomic E-state index is -0.131. The topological polar surface area (TPSA) is 45.5 Å². The lowest BCUT2D eigenvalue weighted by atomic mass is 9.98. The van der Waals surface area contributed by atoms with Gasteiger partial charge in [-0.25, -0.2) is 4.79 Å². The quantitative estimate of drug-likeness (QED) is 0.653. The van der Waals surface area contributed by atoms with E-state index in [0.29, 0.717) is 12.5 Å². The molecule has 2 aromatic carbocycles. The van der Waals surface area contributed by atoms with Crippen molar-refractivity contribution in [3.63, 3.8) is 0 Å². The maximum Gasteiger partial charge on any atom is 0.317 e. The number of urea groups is 1. The molecule has 0 aliphatic rings. The normalized spacial score (nSPS) is 13.3. The number of carbonyl (C=O) groups excluding carboxylic acids is 1. The van der Waals surface area contributed by atoms with Crippen molar-refractivity contribution in [1.82, 2.24) is 10.2 Å². The molecular formula is C22H26N2O2. The summed E-state index contributed by atoms with van der Waals surface area (Å²) in [5.41, 5.74) is 2.14. The SMILES string of the molecule is CC(CCNC(=O)N(C)C(C)c1cc2ccccc2o1)c1ccccc1. The Labute approximate surface area is 154 Å². The highest BCUT2D eigenvalue weighted by molar-refractivity contribution is 5.78. The van der Waals surface area contributed by atoms with Crippen LogP contribution in [0.4, 0.5) is 4.79 Å². The van der Waals surface area contributed by atoms with Gasteiger partial charge in [-0.1, -0.05) is 55.5 Å². The Balaban J connectivity index is 1.53. The molecule has 1 heterocycles. The molecule has 2 unspecified atom stereocenters. The average molecular weight is 350 g/mol. The van der Waals surface area contributed by atoms with Crippen molar-refractivity contribution in [1.29, 1.82) is 0 Å². The second kappa shape index (κ2) is 8.09. The monoisotopic (exact) mass is 350 g/mol. The molecule has 0 fully saturated rings. The van der Waals surface area contributed by atoms with Crippen LogP contribution in [-0.2, 0) is 0 Å². The smallest absolute Gasteiger partial charge is 0.317 e. The van der Waals surface area contributed by atoms with Crippen molar-refractivity contribution in [2.24, 2.45) is 0 Å². The molecule has 0 saturated heterocycles. The molecule has 3 aromatic rings. The number of benzene rings is 2. The van der Waals surface area contributed by atoms with E-state index in [9.17, 15) is 4.79 Å². The summed E-state index contributed by atoms with van der Waals surface area (Å²) in [4.78, 5) is 14.1. The van der Waals surface area contributed by atoms with Gasteiger partial charge in [0, 0.05) is 19.0 Å². The van der Waals surface area contributed by atoms with Gasteiger partial charge >= 0.3 is 6.03 Å². The van der Waals surface area contributed by atoms with Crippen molar-refractivity contribution in [2.45, 2.75) is 32.2 Å². The summed E-state index contributed by atoms with van der Waals surface area (Å²) in [6.45, 7) is 4.80. The number of nitrogens with one attached hydrogen (secondary N) is 1. The summed E-state index contributed by atoms with van der Waals surface area (Å²) >= 11 is 0. The first-order valence-corrected chi connectivity index (χ1v) is 9.10. The maximum atomic E-state index is 12.5. The summed E-state index contributed by atoms with van der Waals surface area (Å²) in [5, 5.41) is 4.07. The molecule has 4 heteroatoms. The molecule has 0 saturated carbocycles. The zero-order chi connectivity index (χ0) is 18.5. The summed E-state index contributed by atoms with van der Waals surface area (Å²) in [7, 11) is 1.80. The van der Waals surface area contributed by atoms with Crippen molar-refractivity contribution < 1.29 is 9.21 Å². The van der Waals surface area contributed by atoms with Crippen molar-refractivity contribution in [3.8, 4) is 0 Å². The lowest BCUT2D eigenvalue weighted by Crippen LogP contribution is -2.39. The standard InChI is InChI=1S/C22H26N2O2/c1-16(18-9-5-4-6-10-18)13-14-23-22(25)24(3)17(2)21-15-19-11-7-8-12-20(19)26-21/h4-12,15-17H,13-14H2,1-3H3,(H,23,25). The van der Waals surface area contributed by atoms with Gasteiger partial charge in [0.15, 0.2) is 0 Å². The van der Waals surface area contributed by atoms with Gasteiger partial charge in [0.25, 0.3) is 0 Å². The van der Waals surface area contributed by atoms with E-state index >= 15 is 0 Å². The van der Waals surface area contributed by atoms with Gasteiger partial charge in [-0.15, -0.1) is 0 Å². The Morgan fingerprint density at radius 3 is 2.50 bits per heavy atom. The zero-order valence-corrected chi connectivity index (χ0v) is 15.6. The lowest BCUT2D eigenvalue weighted by molar-refractivity contribution is 0.188. The fraction of sp³-hybridized carbons (Fsp3) is 0.318. The molecular weight excluding hydrogens is 324 g/mol. The highest BCUT2D eigenvalue weighted by atomic mass is 16.3. The van der Waals surface area contributed by atoms with Gasteiger partial charge in [-0.2, -0.15) is 0 Å². The first-order valence-electron chi connectivity index (χ1n) is 9.10. The summed E-state index contributed by atoms with van der Waals surface area (Å²) in [6, 6.07) is 20.0. The Hall–Kier alpha value is -2.75.